The van der Waals surface area contributed by atoms with Crippen molar-refractivity contribution < 1.29 is 21.5 Å². The standard InChI is InChI=1S/C98H122N.BrH/c1-27-29-39-99(40-30-28-2)61-87-85(73-43-65(69-47-75(91(3,4)5)57-76(48-69)92(6,7)8)41-66(44-73)70-49-77(93(9,10)11)58-78(50-70)94(12,13)14)55-63-35-31-33-37-83(63)89(87)90-84-38-34-32-36-64(84)56-86(88(90)62-99)74-45-67(71-51-79(95(15,16)17)59-80(52-71)96(18,19)20)42-68(46-74)72-53-81(97(21,22)23)60-82(54-72)98(24,25)26;/h31-38,41-60H,27-30,39-40,61-62H2,1-26H3;1H/q+1;/p-1. The Morgan fingerprint density at radius 1 is 0.260 bits per heavy atom. The zero-order valence-corrected chi connectivity index (χ0v) is 68.2. The summed E-state index contributed by atoms with van der Waals surface area (Å²) in [5, 5.41) is 5.22. The van der Waals surface area contributed by atoms with Crippen LogP contribution in [0.3, 0.4) is 0 Å². The summed E-state index contributed by atoms with van der Waals surface area (Å²) in [6.07, 6.45) is 4.59. The van der Waals surface area contributed by atoms with E-state index in [1.54, 1.807) is 0 Å². The van der Waals surface area contributed by atoms with E-state index in [9.17, 15) is 0 Å². The molecule has 0 amide bonds. The van der Waals surface area contributed by atoms with Crippen molar-refractivity contribution >= 4 is 21.5 Å². The lowest BCUT2D eigenvalue weighted by Crippen LogP contribution is -3.00. The number of benzene rings is 10. The fourth-order valence-corrected chi connectivity index (χ4v) is 15.2. The third-order valence-corrected chi connectivity index (χ3v) is 22.0. The van der Waals surface area contributed by atoms with Gasteiger partial charge in [0, 0.05) is 22.3 Å². The number of halogens is 1. The van der Waals surface area contributed by atoms with E-state index in [-0.39, 0.29) is 60.3 Å². The second kappa shape index (κ2) is 27.4. The summed E-state index contributed by atoms with van der Waals surface area (Å²) in [7, 11) is 0. The highest BCUT2D eigenvalue weighted by Gasteiger charge is 2.39. The maximum Gasteiger partial charge on any atom is 0.106 e. The number of hydrogen-bond donors (Lipinski definition) is 0. The second-order valence-corrected chi connectivity index (χ2v) is 38.6. The molecule has 526 valence electrons. The molecule has 0 bridgehead atoms. The van der Waals surface area contributed by atoms with Gasteiger partial charge in [-0.05, 0) is 238 Å². The molecular weight excluding hydrogens is 1270 g/mol. The van der Waals surface area contributed by atoms with Crippen molar-refractivity contribution in [2.45, 2.75) is 262 Å². The van der Waals surface area contributed by atoms with Gasteiger partial charge in [0.15, 0.2) is 0 Å². The monoisotopic (exact) mass is 1390 g/mol. The minimum atomic E-state index is -0.0505. The molecular formula is C98H122BrN. The molecule has 1 aliphatic heterocycles. The molecule has 0 saturated heterocycles. The van der Waals surface area contributed by atoms with Gasteiger partial charge in [0.05, 0.1) is 13.1 Å². The van der Waals surface area contributed by atoms with Crippen molar-refractivity contribution in [1.29, 1.82) is 0 Å². The van der Waals surface area contributed by atoms with Crippen LogP contribution >= 0.6 is 0 Å². The highest BCUT2D eigenvalue weighted by atomic mass is 79.9. The Morgan fingerprint density at radius 2 is 0.470 bits per heavy atom. The maximum atomic E-state index is 2.62. The Balaban J connectivity index is 0.0000108. The van der Waals surface area contributed by atoms with E-state index in [2.05, 4.69) is 350 Å². The summed E-state index contributed by atoms with van der Waals surface area (Å²) in [6, 6.07) is 69.7. The minimum Gasteiger partial charge on any atom is -1.00 e. The first-order chi connectivity index (χ1) is 45.9. The molecule has 10 aromatic carbocycles. The summed E-state index contributed by atoms with van der Waals surface area (Å²) in [4.78, 5) is 0. The van der Waals surface area contributed by atoms with Gasteiger partial charge in [-0.2, -0.15) is 0 Å². The molecule has 0 N–H and O–H groups in total. The number of quaternary nitrogens is 1. The van der Waals surface area contributed by atoms with E-state index in [1.165, 1.54) is 155 Å². The summed E-state index contributed by atoms with van der Waals surface area (Å²) in [5.41, 5.74) is 31.7. The Bertz CT molecular complexity index is 4070. The van der Waals surface area contributed by atoms with Crippen LogP contribution in [0.4, 0.5) is 0 Å². The van der Waals surface area contributed by atoms with E-state index < -0.39 is 0 Å². The number of unbranched alkanes of at least 4 members (excludes halogenated alkanes) is 2. The van der Waals surface area contributed by atoms with E-state index in [0.29, 0.717) is 0 Å². The van der Waals surface area contributed by atoms with E-state index in [1.807, 2.05) is 0 Å². The minimum absolute atomic E-state index is 0. The van der Waals surface area contributed by atoms with Crippen LogP contribution in [0.1, 0.15) is 261 Å². The maximum absolute atomic E-state index is 2.62. The molecule has 0 aromatic heterocycles. The average Bonchev–Trinajstić information content (AvgIpc) is 1.45. The number of rotatable bonds is 12. The van der Waals surface area contributed by atoms with Crippen LogP contribution < -0.4 is 17.0 Å². The first kappa shape index (κ1) is 75.8. The van der Waals surface area contributed by atoms with Gasteiger partial charge in [0.25, 0.3) is 0 Å². The summed E-state index contributed by atoms with van der Waals surface area (Å²) in [6.45, 7) is 66.0. The molecule has 0 spiro atoms. The first-order valence-electron chi connectivity index (χ1n) is 37.8. The Morgan fingerprint density at radius 3 is 0.690 bits per heavy atom. The summed E-state index contributed by atoms with van der Waals surface area (Å²) < 4.78 is 0.980. The van der Waals surface area contributed by atoms with Gasteiger partial charge < -0.3 is 21.5 Å². The van der Waals surface area contributed by atoms with Crippen molar-refractivity contribution in [3.63, 3.8) is 0 Å². The van der Waals surface area contributed by atoms with E-state index >= 15 is 0 Å². The lowest BCUT2D eigenvalue weighted by atomic mass is 9.77. The molecule has 11 rings (SSSR count). The largest absolute Gasteiger partial charge is 1.00 e. The quantitative estimate of drug-likeness (QED) is 0.107. The molecule has 0 fully saturated rings. The fourth-order valence-electron chi connectivity index (χ4n) is 15.2. The Labute approximate surface area is 617 Å². The van der Waals surface area contributed by atoms with Gasteiger partial charge in [-0.1, -0.05) is 314 Å². The predicted molar refractivity (Wildman–Crippen MR) is 436 cm³/mol. The lowest BCUT2D eigenvalue weighted by molar-refractivity contribution is -0.953. The van der Waals surface area contributed by atoms with Crippen LogP contribution in [0, 0.1) is 0 Å². The number of hydrogen-bond acceptors (Lipinski definition) is 0. The molecule has 0 radical (unpaired) electrons. The molecule has 0 unspecified atom stereocenters. The highest BCUT2D eigenvalue weighted by Crippen LogP contribution is 2.53. The third kappa shape index (κ3) is 16.0. The number of nitrogens with zero attached hydrogens (tertiary/aromatic N) is 1. The first-order valence-corrected chi connectivity index (χ1v) is 37.8. The Kier molecular flexibility index (Phi) is 20.8. The van der Waals surface area contributed by atoms with Crippen LogP contribution in [-0.4, -0.2) is 17.6 Å². The smallest absolute Gasteiger partial charge is 0.106 e. The van der Waals surface area contributed by atoms with Crippen LogP contribution in [0.15, 0.2) is 170 Å². The lowest BCUT2D eigenvalue weighted by Gasteiger charge is -2.39. The van der Waals surface area contributed by atoms with E-state index in [4.69, 9.17) is 0 Å². The molecule has 100 heavy (non-hydrogen) atoms. The van der Waals surface area contributed by atoms with Gasteiger partial charge in [-0.3, -0.25) is 0 Å². The SMILES string of the molecule is CCCC[N+]1(CCCC)Cc2c(-c3cc(-c4cc(C(C)(C)C)cc(C(C)(C)C)c4)cc(-c4cc(C(C)(C)C)cc(C(C)(C)C)c4)c3)cc3ccccc3c2-c2c(c(-c3cc(-c4cc(C(C)(C)C)cc(C(C)(C)C)c4)cc(-c4cc(C(C)(C)C)cc(C(C)(C)C)c4)c3)cc3ccccc23)C1.[Br-]. The van der Waals surface area contributed by atoms with Crippen molar-refractivity contribution in [2.24, 2.45) is 0 Å². The van der Waals surface area contributed by atoms with Crippen LogP contribution in [0.5, 0.6) is 0 Å². The van der Waals surface area contributed by atoms with Gasteiger partial charge >= 0.3 is 0 Å². The average molecular weight is 1390 g/mol. The fraction of sp³-hybridized carbons (Fsp3) is 0.429. The normalized spacial score (nSPS) is 14.1. The van der Waals surface area contributed by atoms with Gasteiger partial charge in [0.2, 0.25) is 0 Å². The topological polar surface area (TPSA) is 0 Å². The van der Waals surface area contributed by atoms with Gasteiger partial charge in [0.1, 0.15) is 13.1 Å². The van der Waals surface area contributed by atoms with Crippen LogP contribution in [-0.2, 0) is 56.4 Å². The predicted octanol–water partition coefficient (Wildman–Crippen LogP) is 25.5. The van der Waals surface area contributed by atoms with Gasteiger partial charge in [-0.15, -0.1) is 0 Å². The molecule has 0 atom stereocenters. The zero-order valence-electron chi connectivity index (χ0n) is 66.6. The molecule has 1 aliphatic rings. The second-order valence-electron chi connectivity index (χ2n) is 38.6. The van der Waals surface area contributed by atoms with Gasteiger partial charge in [-0.25, -0.2) is 0 Å². The van der Waals surface area contributed by atoms with Crippen LogP contribution in [0.25, 0.3) is 99.4 Å². The summed E-state index contributed by atoms with van der Waals surface area (Å²) in [5.74, 6) is 0. The van der Waals surface area contributed by atoms with Crippen molar-refractivity contribution in [3.8, 4) is 77.9 Å². The van der Waals surface area contributed by atoms with Crippen molar-refractivity contribution in [3.05, 3.63) is 225 Å². The van der Waals surface area contributed by atoms with Crippen molar-refractivity contribution in [1.82, 2.24) is 0 Å². The number of fused-ring (bicyclic) bond motifs is 7. The van der Waals surface area contributed by atoms with Crippen molar-refractivity contribution in [2.75, 3.05) is 13.1 Å². The molecule has 10 aromatic rings. The molecule has 0 aliphatic carbocycles. The van der Waals surface area contributed by atoms with E-state index in [0.717, 1.165) is 56.3 Å². The van der Waals surface area contributed by atoms with Crippen LogP contribution in [0.2, 0.25) is 0 Å². The Hall–Kier alpha value is -6.84. The third-order valence-electron chi connectivity index (χ3n) is 22.0. The highest BCUT2D eigenvalue weighted by molar-refractivity contribution is 6.12. The molecule has 1 nitrogen and oxygen atoms in total. The molecule has 0 saturated carbocycles. The summed E-state index contributed by atoms with van der Waals surface area (Å²) >= 11 is 0. The molecule has 1 heterocycles. The zero-order chi connectivity index (χ0) is 72.1. The molecule has 2 heteroatoms.